The molecule has 1 aliphatic rings. The van der Waals surface area contributed by atoms with Crippen LogP contribution < -0.4 is 5.32 Å². The molecule has 1 N–H and O–H groups in total. The van der Waals surface area contributed by atoms with E-state index in [0.717, 1.165) is 4.90 Å². The molecule has 0 aliphatic carbocycles. The van der Waals surface area contributed by atoms with E-state index in [1.54, 1.807) is 43.3 Å². The summed E-state index contributed by atoms with van der Waals surface area (Å²) in [5.41, 5.74) is -0.244. The van der Waals surface area contributed by atoms with Gasteiger partial charge in [0, 0.05) is 26.2 Å². The number of benzene rings is 2. The van der Waals surface area contributed by atoms with E-state index < -0.39 is 17.5 Å². The Morgan fingerprint density at radius 1 is 1.10 bits per heavy atom. The molecular weight excluding hydrogens is 439 g/mol. The smallest absolute Gasteiger partial charge is 0.325 e. The minimum atomic E-state index is -1.34. The topological polar surface area (TPSA) is 88.3 Å². The van der Waals surface area contributed by atoms with E-state index in [0.29, 0.717) is 27.0 Å². The first-order valence-electron chi connectivity index (χ1n) is 8.46. The summed E-state index contributed by atoms with van der Waals surface area (Å²) in [6.07, 6.45) is 0. The van der Waals surface area contributed by atoms with Crippen LogP contribution >= 0.6 is 34.8 Å². The average Bonchev–Trinajstić information content (AvgIpc) is 3.21. The summed E-state index contributed by atoms with van der Waals surface area (Å²) in [7, 11) is 0. The van der Waals surface area contributed by atoms with Gasteiger partial charge in [-0.15, -0.1) is 0 Å². The van der Waals surface area contributed by atoms with Gasteiger partial charge in [0.15, 0.2) is 0 Å². The molecule has 0 radical (unpaired) electrons. The number of nitrogens with one attached hydrogen (secondary N) is 1. The van der Waals surface area contributed by atoms with Crippen LogP contribution in [0.25, 0.3) is 11.4 Å². The molecule has 3 amide bonds. The molecule has 0 saturated carbocycles. The van der Waals surface area contributed by atoms with Gasteiger partial charge in [0.2, 0.25) is 11.7 Å². The van der Waals surface area contributed by atoms with Crippen LogP contribution in [-0.4, -0.2) is 27.0 Å². The van der Waals surface area contributed by atoms with E-state index in [1.807, 2.05) is 0 Å². The number of carbonyl (C=O) groups excluding carboxylic acids is 2. The van der Waals surface area contributed by atoms with Crippen LogP contribution in [0.5, 0.6) is 0 Å². The molecule has 3 aromatic rings. The Hall–Kier alpha value is -2.61. The molecule has 2 aromatic carbocycles. The maximum absolute atomic E-state index is 13.0. The van der Waals surface area contributed by atoms with Crippen molar-refractivity contribution in [1.82, 2.24) is 20.4 Å². The van der Waals surface area contributed by atoms with Crippen molar-refractivity contribution < 1.29 is 14.1 Å². The van der Waals surface area contributed by atoms with Gasteiger partial charge in [-0.05, 0) is 31.2 Å². The highest BCUT2D eigenvalue weighted by atomic mass is 35.5. The zero-order valence-electron chi connectivity index (χ0n) is 14.9. The molecule has 1 saturated heterocycles. The molecular formula is C19H13Cl3N4O3. The largest absolute Gasteiger partial charge is 0.337 e. The summed E-state index contributed by atoms with van der Waals surface area (Å²) >= 11 is 18.2. The standard InChI is InChI=1S/C19H13Cl3N4O3/c1-19(13-6-5-12(21)8-14(13)22)17(27)26(18(28)24-19)9-15-23-16(25-29-15)10-3-2-4-11(20)7-10/h2-8H,9H2,1H3,(H,24,28). The zero-order valence-corrected chi connectivity index (χ0v) is 17.2. The van der Waals surface area contributed by atoms with Crippen molar-refractivity contribution in [3.8, 4) is 11.4 Å². The first-order chi connectivity index (χ1) is 13.8. The molecule has 1 aromatic heterocycles. The lowest BCUT2D eigenvalue weighted by Gasteiger charge is -2.23. The number of hydrogen-bond acceptors (Lipinski definition) is 5. The highest BCUT2D eigenvalue weighted by Crippen LogP contribution is 2.35. The number of hydrogen-bond donors (Lipinski definition) is 1. The maximum atomic E-state index is 13.0. The lowest BCUT2D eigenvalue weighted by atomic mass is 9.92. The molecule has 1 unspecified atom stereocenters. The fourth-order valence-electron chi connectivity index (χ4n) is 3.12. The summed E-state index contributed by atoms with van der Waals surface area (Å²) < 4.78 is 5.21. The normalized spacial score (nSPS) is 19.0. The van der Waals surface area contributed by atoms with Crippen molar-refractivity contribution >= 4 is 46.7 Å². The number of halogens is 3. The van der Waals surface area contributed by atoms with Gasteiger partial charge in [-0.3, -0.25) is 9.69 Å². The van der Waals surface area contributed by atoms with Gasteiger partial charge in [0.1, 0.15) is 12.1 Å². The van der Waals surface area contributed by atoms with Crippen molar-refractivity contribution in [3.63, 3.8) is 0 Å². The fourth-order valence-corrected chi connectivity index (χ4v) is 3.91. The third kappa shape index (κ3) is 3.57. The van der Waals surface area contributed by atoms with E-state index in [9.17, 15) is 9.59 Å². The van der Waals surface area contributed by atoms with Gasteiger partial charge in [0.05, 0.1) is 0 Å². The lowest BCUT2D eigenvalue weighted by Crippen LogP contribution is -2.41. The Balaban J connectivity index is 1.59. The van der Waals surface area contributed by atoms with Crippen molar-refractivity contribution in [1.29, 1.82) is 0 Å². The summed E-state index contributed by atoms with van der Waals surface area (Å²) in [4.78, 5) is 30.8. The summed E-state index contributed by atoms with van der Waals surface area (Å²) in [6.45, 7) is 1.40. The molecule has 1 aliphatic heterocycles. The number of rotatable bonds is 4. The van der Waals surface area contributed by atoms with Crippen LogP contribution in [0.3, 0.4) is 0 Å². The van der Waals surface area contributed by atoms with E-state index >= 15 is 0 Å². The second-order valence-corrected chi connectivity index (χ2v) is 7.87. The Labute approximate surface area is 180 Å². The first-order valence-corrected chi connectivity index (χ1v) is 9.59. The van der Waals surface area contributed by atoms with E-state index in [1.165, 1.54) is 6.07 Å². The van der Waals surface area contributed by atoms with Gasteiger partial charge < -0.3 is 9.84 Å². The lowest BCUT2D eigenvalue weighted by molar-refractivity contribution is -0.131. The van der Waals surface area contributed by atoms with Gasteiger partial charge in [-0.25, -0.2) is 4.79 Å². The number of urea groups is 1. The van der Waals surface area contributed by atoms with Crippen LogP contribution in [0.2, 0.25) is 15.1 Å². The maximum Gasteiger partial charge on any atom is 0.325 e. The van der Waals surface area contributed by atoms with Gasteiger partial charge >= 0.3 is 6.03 Å². The zero-order chi connectivity index (χ0) is 20.8. The van der Waals surface area contributed by atoms with Crippen LogP contribution in [0.4, 0.5) is 4.79 Å². The van der Waals surface area contributed by atoms with Crippen molar-refractivity contribution in [2.45, 2.75) is 19.0 Å². The summed E-state index contributed by atoms with van der Waals surface area (Å²) in [6, 6.07) is 11.1. The number of carbonyl (C=O) groups is 2. The fraction of sp³-hybridized carbons (Fsp3) is 0.158. The Bertz CT molecular complexity index is 1130. The molecule has 10 heteroatoms. The third-order valence-electron chi connectivity index (χ3n) is 4.59. The Morgan fingerprint density at radius 3 is 2.59 bits per heavy atom. The van der Waals surface area contributed by atoms with Crippen molar-refractivity contribution in [3.05, 3.63) is 69.0 Å². The van der Waals surface area contributed by atoms with Crippen LogP contribution in [-0.2, 0) is 16.9 Å². The molecule has 0 bridgehead atoms. The number of imide groups is 1. The van der Waals surface area contributed by atoms with Gasteiger partial charge in [-0.1, -0.05) is 58.2 Å². The molecule has 29 heavy (non-hydrogen) atoms. The second-order valence-electron chi connectivity index (χ2n) is 6.59. The van der Waals surface area contributed by atoms with Crippen LogP contribution in [0.1, 0.15) is 18.4 Å². The van der Waals surface area contributed by atoms with Gasteiger partial charge in [-0.2, -0.15) is 4.98 Å². The predicted octanol–water partition coefficient (Wildman–Crippen LogP) is 4.66. The Morgan fingerprint density at radius 2 is 1.86 bits per heavy atom. The monoisotopic (exact) mass is 450 g/mol. The summed E-state index contributed by atoms with van der Waals surface area (Å²) in [5, 5.41) is 7.79. The molecule has 4 rings (SSSR count). The molecule has 148 valence electrons. The van der Waals surface area contributed by atoms with Gasteiger partial charge in [0.25, 0.3) is 5.91 Å². The molecule has 2 heterocycles. The molecule has 0 spiro atoms. The van der Waals surface area contributed by atoms with Crippen molar-refractivity contribution in [2.24, 2.45) is 0 Å². The van der Waals surface area contributed by atoms with E-state index in [2.05, 4.69) is 15.5 Å². The van der Waals surface area contributed by atoms with Crippen molar-refractivity contribution in [2.75, 3.05) is 0 Å². The van der Waals surface area contributed by atoms with E-state index in [-0.39, 0.29) is 17.5 Å². The predicted molar refractivity (Wildman–Crippen MR) is 108 cm³/mol. The SMILES string of the molecule is CC1(c2ccc(Cl)cc2Cl)NC(=O)N(Cc2nc(-c3cccc(Cl)c3)no2)C1=O. The second kappa shape index (κ2) is 7.33. The number of aromatic nitrogens is 2. The quantitative estimate of drug-likeness (QED) is 0.583. The number of nitrogens with zero attached hydrogens (tertiary/aromatic N) is 3. The average molecular weight is 452 g/mol. The van der Waals surface area contributed by atoms with Crippen LogP contribution in [0, 0.1) is 0 Å². The van der Waals surface area contributed by atoms with E-state index in [4.69, 9.17) is 39.3 Å². The molecule has 1 atom stereocenters. The molecule has 1 fully saturated rings. The highest BCUT2D eigenvalue weighted by Gasteiger charge is 2.50. The molecule has 7 nitrogen and oxygen atoms in total. The number of amides is 3. The minimum absolute atomic E-state index is 0.106. The Kier molecular flexibility index (Phi) is 4.98. The third-order valence-corrected chi connectivity index (χ3v) is 5.37. The minimum Gasteiger partial charge on any atom is -0.337 e. The van der Waals surface area contributed by atoms with Crippen LogP contribution in [0.15, 0.2) is 47.0 Å². The first kappa shape index (κ1) is 19.7. The highest BCUT2D eigenvalue weighted by molar-refractivity contribution is 6.35. The summed E-state index contributed by atoms with van der Waals surface area (Å²) in [5.74, 6) is -0.0813.